The number of anilines is 1. The molecule has 5 atom stereocenters. The van der Waals surface area contributed by atoms with Crippen LogP contribution in [-0.4, -0.2) is 66.2 Å². The van der Waals surface area contributed by atoms with E-state index in [0.717, 1.165) is 136 Å². The van der Waals surface area contributed by atoms with Crippen LogP contribution in [0.1, 0.15) is 210 Å². The summed E-state index contributed by atoms with van der Waals surface area (Å²) in [6.07, 6.45) is 39.3. The van der Waals surface area contributed by atoms with Gasteiger partial charge in [0.1, 0.15) is 23.3 Å². The van der Waals surface area contributed by atoms with E-state index in [9.17, 15) is 13.2 Å². The Bertz CT molecular complexity index is 2410. The topological polar surface area (TPSA) is 77.5 Å². The van der Waals surface area contributed by atoms with E-state index in [1.807, 2.05) is 23.0 Å². The molecule has 0 aliphatic heterocycles. The SMILES string of the molecule is C=C(CCCCCCCCCCCCCCn1cc(CCCCCCCCCCCCCN(Cc2ccc(Cl)cc2)c2nc(Cl)nc3c2cnn3C2CCC(CC(C)P(C)CPC)C2)nn1)Cc1c(F)cc(F)cc1F. The van der Waals surface area contributed by atoms with Crippen molar-refractivity contribution in [3.8, 4) is 0 Å². The molecule has 0 spiro atoms. The minimum Gasteiger partial charge on any atom is -0.352 e. The lowest BCUT2D eigenvalue weighted by Crippen LogP contribution is -2.25. The average molecular weight is 1130 g/mol. The normalized spacial score (nSPS) is 15.7. The number of allylic oxidation sites excluding steroid dienone is 1. The van der Waals surface area contributed by atoms with Crippen LogP contribution in [0.5, 0.6) is 0 Å². The molecular weight excluding hydrogens is 1030 g/mol. The minimum atomic E-state index is -0.888. The predicted octanol–water partition coefficient (Wildman–Crippen LogP) is 19.0. The van der Waals surface area contributed by atoms with Crippen LogP contribution in [-0.2, 0) is 25.9 Å². The summed E-state index contributed by atoms with van der Waals surface area (Å²) in [4.78, 5) is 12.0. The van der Waals surface area contributed by atoms with Crippen molar-refractivity contribution < 1.29 is 13.2 Å². The largest absolute Gasteiger partial charge is 0.352 e. The second kappa shape index (κ2) is 34.8. The van der Waals surface area contributed by atoms with Crippen LogP contribution in [0, 0.1) is 23.4 Å². The molecular formula is C61H91Cl2F3N8P2. The molecule has 6 rings (SSSR count). The summed E-state index contributed by atoms with van der Waals surface area (Å²) in [5.41, 5.74) is 4.72. The highest BCUT2D eigenvalue weighted by Gasteiger charge is 2.31. The van der Waals surface area contributed by atoms with Crippen LogP contribution in [0.2, 0.25) is 10.3 Å². The highest BCUT2D eigenvalue weighted by atomic mass is 35.5. The highest BCUT2D eigenvalue weighted by molar-refractivity contribution is 7.67. The fourth-order valence-electron chi connectivity index (χ4n) is 11.3. The van der Waals surface area contributed by atoms with Gasteiger partial charge in [-0.05, 0) is 131 Å². The Kier molecular flexibility index (Phi) is 28.4. The molecule has 1 aliphatic rings. The Balaban J connectivity index is 0.757. The number of rotatable bonds is 40. The molecule has 1 fully saturated rings. The molecule has 5 unspecified atom stereocenters. The number of benzene rings is 2. The maximum atomic E-state index is 13.9. The average Bonchev–Trinajstić information content (AvgIpc) is 4.18. The molecule has 0 saturated heterocycles. The number of unbranched alkanes of at least 4 members (excludes halogenated alkanes) is 21. The maximum absolute atomic E-state index is 13.9. The van der Waals surface area contributed by atoms with E-state index in [-0.39, 0.29) is 25.2 Å². The third-order valence-corrected chi connectivity index (χ3v) is 21.2. The number of aromatic nitrogens is 7. The van der Waals surface area contributed by atoms with Crippen molar-refractivity contribution in [2.24, 2.45) is 5.92 Å². The second-order valence-electron chi connectivity index (χ2n) is 22.3. The quantitative estimate of drug-likeness (QED) is 0.0168. The van der Waals surface area contributed by atoms with E-state index in [1.54, 1.807) is 0 Å². The van der Waals surface area contributed by atoms with Crippen molar-refractivity contribution in [3.05, 3.63) is 106 Å². The van der Waals surface area contributed by atoms with Gasteiger partial charge in [0.2, 0.25) is 5.28 Å². The van der Waals surface area contributed by atoms with Crippen LogP contribution < -0.4 is 4.90 Å². The van der Waals surface area contributed by atoms with Gasteiger partial charge < -0.3 is 4.90 Å². The van der Waals surface area contributed by atoms with Crippen LogP contribution in [0.25, 0.3) is 11.0 Å². The van der Waals surface area contributed by atoms with Gasteiger partial charge in [-0.25, -0.2) is 17.9 Å². The maximum Gasteiger partial charge on any atom is 0.226 e. The molecule has 8 nitrogen and oxygen atoms in total. The summed E-state index contributed by atoms with van der Waals surface area (Å²) in [5.74, 6) is 0.482. The van der Waals surface area contributed by atoms with E-state index in [1.165, 1.54) is 146 Å². The van der Waals surface area contributed by atoms with Crippen molar-refractivity contribution in [1.82, 2.24) is 34.7 Å². The van der Waals surface area contributed by atoms with Gasteiger partial charge in [-0.15, -0.1) is 21.6 Å². The standard InChI is InChI=1S/C61H91Cl2F3N8P2/c1-47(38-55-57(65)41-52(64)42-58(55)66)28-24-20-16-12-8-5-6-11-15-19-23-27-37-73-45-53(70-71-73)29-25-21-17-13-9-7-10-14-18-22-26-36-72(44-49-30-33-51(62)34-31-49)59-56-43-67-74(60(56)69-61(63)68-59)54-35-32-50(40-54)39-48(2)76(4)46-75-3/h30-31,33-34,41-43,45,48,50,54,75H,1,5-29,32,35-40,44,46H2,2-4H3. The Labute approximate surface area is 468 Å². The molecule has 0 bridgehead atoms. The molecule has 0 amide bonds. The molecule has 5 aromatic rings. The third-order valence-electron chi connectivity index (χ3n) is 15.8. The van der Waals surface area contributed by atoms with Gasteiger partial charge in [0, 0.05) is 48.5 Å². The highest BCUT2D eigenvalue weighted by Crippen LogP contribution is 2.48. The number of halogens is 5. The summed E-state index contributed by atoms with van der Waals surface area (Å²) in [7, 11) is 1.17. The van der Waals surface area contributed by atoms with Crippen molar-refractivity contribution in [2.45, 2.75) is 224 Å². The molecule has 3 heterocycles. The predicted molar refractivity (Wildman–Crippen MR) is 319 cm³/mol. The Morgan fingerprint density at radius 2 is 1.38 bits per heavy atom. The van der Waals surface area contributed by atoms with Crippen LogP contribution in [0.15, 0.2) is 60.9 Å². The number of hydrogen-bond acceptors (Lipinski definition) is 6. The Hall–Kier alpha value is -3.10. The molecule has 76 heavy (non-hydrogen) atoms. The zero-order valence-corrected chi connectivity index (χ0v) is 49.9. The lowest BCUT2D eigenvalue weighted by atomic mass is 9.99. The summed E-state index contributed by atoms with van der Waals surface area (Å²) in [6, 6.07) is 9.99. The first kappa shape index (κ1) is 62.1. The molecule has 0 N–H and O–H groups in total. The van der Waals surface area contributed by atoms with Crippen LogP contribution in [0.4, 0.5) is 19.0 Å². The third kappa shape index (κ3) is 21.9. The lowest BCUT2D eigenvalue weighted by molar-refractivity contribution is 0.435. The summed E-state index contributed by atoms with van der Waals surface area (Å²) >= 11 is 13.0. The van der Waals surface area contributed by atoms with Gasteiger partial charge in [-0.3, -0.25) is 4.68 Å². The zero-order valence-electron chi connectivity index (χ0n) is 46.5. The summed E-state index contributed by atoms with van der Waals surface area (Å²) in [6.45, 7) is 13.9. The zero-order chi connectivity index (χ0) is 53.9. The molecule has 3 aromatic heterocycles. The Morgan fingerprint density at radius 1 is 0.789 bits per heavy atom. The first-order chi connectivity index (χ1) is 37.0. The fourth-order valence-corrected chi connectivity index (χ4v) is 15.5. The smallest absolute Gasteiger partial charge is 0.226 e. The summed E-state index contributed by atoms with van der Waals surface area (Å²) in [5, 5.41) is 15.9. The first-order valence-corrected chi connectivity index (χ1v) is 33.9. The van der Waals surface area contributed by atoms with Crippen LogP contribution in [0.3, 0.4) is 0 Å². The van der Waals surface area contributed by atoms with Gasteiger partial charge in [0.05, 0.1) is 23.3 Å². The van der Waals surface area contributed by atoms with E-state index in [0.29, 0.717) is 6.04 Å². The van der Waals surface area contributed by atoms with E-state index >= 15 is 0 Å². The molecule has 2 aromatic carbocycles. The number of aryl methyl sites for hydroxylation is 2. The Morgan fingerprint density at radius 3 is 2.01 bits per heavy atom. The van der Waals surface area contributed by atoms with E-state index in [4.69, 9.17) is 38.3 Å². The number of fused-ring (bicyclic) bond motifs is 1. The number of hydrogen-bond donors (Lipinski definition) is 0. The van der Waals surface area contributed by atoms with Crippen molar-refractivity contribution in [2.75, 3.05) is 30.7 Å². The van der Waals surface area contributed by atoms with Gasteiger partial charge in [0.25, 0.3) is 0 Å². The molecule has 1 aliphatic carbocycles. The van der Waals surface area contributed by atoms with E-state index < -0.39 is 17.5 Å². The van der Waals surface area contributed by atoms with Gasteiger partial charge in [-0.1, -0.05) is 170 Å². The molecule has 15 heteroatoms. The second-order valence-corrected chi connectivity index (χ2v) is 27.4. The summed E-state index contributed by atoms with van der Waals surface area (Å²) < 4.78 is 45.2. The molecule has 1 saturated carbocycles. The first-order valence-electron chi connectivity index (χ1n) is 29.4. The molecule has 420 valence electrons. The molecule has 0 radical (unpaired) electrons. The van der Waals surface area contributed by atoms with Gasteiger partial charge in [-0.2, -0.15) is 15.1 Å². The van der Waals surface area contributed by atoms with E-state index in [2.05, 4.69) is 65.1 Å². The lowest BCUT2D eigenvalue weighted by Gasteiger charge is -2.25. The van der Waals surface area contributed by atoms with Gasteiger partial charge in [0.15, 0.2) is 5.65 Å². The van der Waals surface area contributed by atoms with Gasteiger partial charge >= 0.3 is 0 Å². The minimum absolute atomic E-state index is 0.0845. The van der Waals surface area contributed by atoms with Crippen molar-refractivity contribution >= 4 is 56.6 Å². The van der Waals surface area contributed by atoms with Crippen molar-refractivity contribution in [3.63, 3.8) is 0 Å². The van der Waals surface area contributed by atoms with Crippen LogP contribution >= 0.6 is 39.7 Å². The fraction of sp³-hybridized carbons (Fsp3) is 0.656. The monoisotopic (exact) mass is 1120 g/mol. The number of nitrogens with zero attached hydrogens (tertiary/aromatic N) is 8. The van der Waals surface area contributed by atoms with Crippen molar-refractivity contribution in [1.29, 1.82) is 0 Å².